The fourth-order valence-corrected chi connectivity index (χ4v) is 2.41. The first-order valence-electron chi connectivity index (χ1n) is 9.02. The molecule has 0 radical (unpaired) electrons. The number of hydrogen-bond acceptors (Lipinski definition) is 5. The van der Waals surface area contributed by atoms with Gasteiger partial charge in [-0.25, -0.2) is 9.38 Å². The lowest BCUT2D eigenvalue weighted by molar-refractivity contribution is 0.0965. The van der Waals surface area contributed by atoms with Crippen LogP contribution in [0.15, 0.2) is 47.5 Å². The highest BCUT2D eigenvalue weighted by molar-refractivity contribution is 6.04. The number of carbonyl (C=O) groups is 1. The molecule has 0 bridgehead atoms. The molecule has 0 saturated heterocycles. The summed E-state index contributed by atoms with van der Waals surface area (Å²) in [5.74, 6) is 0.507. The van der Waals surface area contributed by atoms with E-state index in [1.807, 2.05) is 25.1 Å². The Morgan fingerprint density at radius 3 is 2.43 bits per heavy atom. The monoisotopic (exact) mass is 388 g/mol. The van der Waals surface area contributed by atoms with Crippen LogP contribution in [0.25, 0.3) is 0 Å². The fourth-order valence-electron chi connectivity index (χ4n) is 2.41. The molecule has 1 N–H and O–H groups in total. The van der Waals surface area contributed by atoms with E-state index in [-0.39, 0.29) is 6.02 Å². The zero-order valence-electron chi connectivity index (χ0n) is 16.3. The first-order valence-corrected chi connectivity index (χ1v) is 9.02. The number of benzene rings is 2. The van der Waals surface area contributed by atoms with Gasteiger partial charge in [0.2, 0.25) is 0 Å². The Morgan fingerprint density at radius 2 is 1.79 bits per heavy atom. The maximum absolute atomic E-state index is 13.0. The van der Waals surface area contributed by atoms with Crippen LogP contribution >= 0.6 is 0 Å². The molecule has 0 unspecified atom stereocenters. The van der Waals surface area contributed by atoms with Gasteiger partial charge in [0, 0.05) is 12.1 Å². The molecule has 28 heavy (non-hydrogen) atoms. The smallest absolute Gasteiger partial charge is 0.291 e. The van der Waals surface area contributed by atoms with Gasteiger partial charge >= 0.3 is 0 Å². The third-order valence-electron chi connectivity index (χ3n) is 3.87. The second-order valence-electron chi connectivity index (χ2n) is 5.94. The lowest BCUT2D eigenvalue weighted by Gasteiger charge is -2.11. The average molecular weight is 388 g/mol. The van der Waals surface area contributed by atoms with Gasteiger partial charge in [-0.3, -0.25) is 10.1 Å². The van der Waals surface area contributed by atoms with Gasteiger partial charge in [-0.2, -0.15) is 0 Å². The number of halogens is 1. The molecule has 0 spiro atoms. The van der Waals surface area contributed by atoms with Crippen molar-refractivity contribution in [2.75, 3.05) is 27.4 Å². The zero-order valence-corrected chi connectivity index (χ0v) is 16.3. The van der Waals surface area contributed by atoms with Crippen molar-refractivity contribution in [2.24, 2.45) is 4.99 Å². The first kappa shape index (κ1) is 21.2. The van der Waals surface area contributed by atoms with Crippen molar-refractivity contribution in [3.05, 3.63) is 59.4 Å². The molecule has 2 aromatic carbocycles. The second kappa shape index (κ2) is 10.9. The quantitative estimate of drug-likeness (QED) is 0.554. The number of amidine groups is 1. The molecule has 0 atom stereocenters. The molecule has 6 nitrogen and oxygen atoms in total. The van der Waals surface area contributed by atoms with Crippen LogP contribution in [0.3, 0.4) is 0 Å². The summed E-state index contributed by atoms with van der Waals surface area (Å²) in [7, 11) is 3.17. The molecular formula is C21H25FN2O4. The van der Waals surface area contributed by atoms with Crippen LogP contribution in [-0.4, -0.2) is 39.3 Å². The minimum absolute atomic E-state index is 0.150. The number of hydrogen-bond donors (Lipinski definition) is 1. The zero-order chi connectivity index (χ0) is 20.4. The normalized spacial score (nSPS) is 11.1. The van der Waals surface area contributed by atoms with Crippen LogP contribution in [-0.2, 0) is 11.2 Å². The van der Waals surface area contributed by atoms with Crippen LogP contribution in [0.2, 0.25) is 0 Å². The number of ether oxygens (including phenoxy) is 3. The summed E-state index contributed by atoms with van der Waals surface area (Å²) >= 11 is 0. The van der Waals surface area contributed by atoms with Gasteiger partial charge in [0.05, 0.1) is 20.8 Å². The number of aliphatic imine (C=N–C) groups is 1. The van der Waals surface area contributed by atoms with Gasteiger partial charge in [0.15, 0.2) is 11.5 Å². The van der Waals surface area contributed by atoms with E-state index < -0.39 is 11.7 Å². The molecular weight excluding hydrogens is 363 g/mol. The van der Waals surface area contributed by atoms with Gasteiger partial charge in [0.1, 0.15) is 5.82 Å². The maximum atomic E-state index is 13.0. The Bertz CT molecular complexity index is 807. The van der Waals surface area contributed by atoms with Crippen LogP contribution in [0.5, 0.6) is 11.5 Å². The molecule has 1 amide bonds. The summed E-state index contributed by atoms with van der Waals surface area (Å²) in [4.78, 5) is 16.6. The van der Waals surface area contributed by atoms with E-state index in [4.69, 9.17) is 14.2 Å². The van der Waals surface area contributed by atoms with E-state index in [1.165, 1.54) is 24.3 Å². The third-order valence-corrected chi connectivity index (χ3v) is 3.87. The number of nitrogens with zero attached hydrogens (tertiary/aromatic N) is 1. The molecule has 0 aliphatic heterocycles. The lowest BCUT2D eigenvalue weighted by Crippen LogP contribution is -2.33. The van der Waals surface area contributed by atoms with Crippen molar-refractivity contribution in [3.8, 4) is 11.5 Å². The largest absolute Gasteiger partial charge is 0.493 e. The summed E-state index contributed by atoms with van der Waals surface area (Å²) in [5.41, 5.74) is 1.34. The molecule has 7 heteroatoms. The van der Waals surface area contributed by atoms with E-state index >= 15 is 0 Å². The number of nitrogens with one attached hydrogen (secondary N) is 1. The van der Waals surface area contributed by atoms with Gasteiger partial charge in [0.25, 0.3) is 11.9 Å². The van der Waals surface area contributed by atoms with E-state index in [9.17, 15) is 9.18 Å². The Balaban J connectivity index is 2.02. The van der Waals surface area contributed by atoms with E-state index in [0.717, 1.165) is 12.0 Å². The lowest BCUT2D eigenvalue weighted by atomic mass is 10.1. The number of carbonyl (C=O) groups excluding carboxylic acids is 1. The van der Waals surface area contributed by atoms with Gasteiger partial charge in [-0.1, -0.05) is 13.0 Å². The highest BCUT2D eigenvalue weighted by Crippen LogP contribution is 2.27. The van der Waals surface area contributed by atoms with Crippen LogP contribution in [0, 0.1) is 5.82 Å². The predicted octanol–water partition coefficient (Wildman–Crippen LogP) is 3.60. The van der Waals surface area contributed by atoms with E-state index in [2.05, 4.69) is 10.3 Å². The topological polar surface area (TPSA) is 69.2 Å². The van der Waals surface area contributed by atoms with Crippen molar-refractivity contribution in [3.63, 3.8) is 0 Å². The Hall–Kier alpha value is -3.09. The van der Waals surface area contributed by atoms with Crippen molar-refractivity contribution in [1.82, 2.24) is 5.32 Å². The molecule has 150 valence electrons. The van der Waals surface area contributed by atoms with Crippen LogP contribution < -0.4 is 14.8 Å². The van der Waals surface area contributed by atoms with Crippen molar-refractivity contribution < 1.29 is 23.4 Å². The first-order chi connectivity index (χ1) is 13.6. The summed E-state index contributed by atoms with van der Waals surface area (Å²) in [6.45, 7) is 2.81. The summed E-state index contributed by atoms with van der Waals surface area (Å²) in [5, 5.41) is 2.64. The summed E-state index contributed by atoms with van der Waals surface area (Å²) < 4.78 is 29.1. The molecule has 0 saturated carbocycles. The molecule has 0 fully saturated rings. The SMILES string of the molecule is CCCOC(=NCCc1ccc(OC)c(OC)c1)NC(=O)c1ccc(F)cc1. The number of rotatable bonds is 8. The molecule has 0 aliphatic rings. The minimum Gasteiger partial charge on any atom is -0.493 e. The maximum Gasteiger partial charge on any atom is 0.291 e. The number of methoxy groups -OCH3 is 2. The van der Waals surface area contributed by atoms with E-state index in [0.29, 0.717) is 36.6 Å². The van der Waals surface area contributed by atoms with E-state index in [1.54, 1.807) is 14.2 Å². The second-order valence-corrected chi connectivity index (χ2v) is 5.94. The van der Waals surface area contributed by atoms with Crippen molar-refractivity contribution in [1.29, 1.82) is 0 Å². The van der Waals surface area contributed by atoms with Gasteiger partial charge in [-0.05, 0) is 54.8 Å². The Kier molecular flexibility index (Phi) is 8.27. The molecule has 0 aliphatic carbocycles. The minimum atomic E-state index is -0.402. The summed E-state index contributed by atoms with van der Waals surface area (Å²) in [6, 6.07) is 11.1. The molecule has 0 aromatic heterocycles. The standard InChI is InChI=1S/C21H25FN2O4/c1-4-13-28-21(24-20(25)16-6-8-17(22)9-7-16)23-12-11-15-5-10-18(26-2)19(14-15)27-3/h5-10,14H,4,11-13H2,1-3H3,(H,23,24,25). The average Bonchev–Trinajstić information content (AvgIpc) is 2.72. The Morgan fingerprint density at radius 1 is 1.07 bits per heavy atom. The molecule has 0 heterocycles. The molecule has 2 aromatic rings. The highest BCUT2D eigenvalue weighted by atomic mass is 19.1. The van der Waals surface area contributed by atoms with Crippen molar-refractivity contribution >= 4 is 11.9 Å². The highest BCUT2D eigenvalue weighted by Gasteiger charge is 2.10. The third kappa shape index (κ3) is 6.26. The summed E-state index contributed by atoms with van der Waals surface area (Å²) in [6.07, 6.45) is 1.41. The predicted molar refractivity (Wildman–Crippen MR) is 106 cm³/mol. The Labute approximate surface area is 164 Å². The van der Waals surface area contributed by atoms with Gasteiger partial charge < -0.3 is 14.2 Å². The van der Waals surface area contributed by atoms with Crippen LogP contribution in [0.4, 0.5) is 4.39 Å². The fraction of sp³-hybridized carbons (Fsp3) is 0.333. The number of amides is 1. The van der Waals surface area contributed by atoms with Gasteiger partial charge in [-0.15, -0.1) is 0 Å². The van der Waals surface area contributed by atoms with Crippen LogP contribution in [0.1, 0.15) is 29.3 Å². The molecule has 2 rings (SSSR count). The van der Waals surface area contributed by atoms with Crippen molar-refractivity contribution in [2.45, 2.75) is 19.8 Å².